The maximum Gasteiger partial charge on any atom is 0.135 e. The van der Waals surface area contributed by atoms with E-state index in [-0.39, 0.29) is 5.41 Å². The van der Waals surface area contributed by atoms with Crippen molar-refractivity contribution in [2.45, 2.75) is 19.3 Å². The van der Waals surface area contributed by atoms with Crippen LogP contribution in [0.25, 0.3) is 71.7 Å². The normalized spacial score (nSPS) is 13.8. The van der Waals surface area contributed by atoms with E-state index in [4.69, 9.17) is 4.42 Å². The van der Waals surface area contributed by atoms with Gasteiger partial charge >= 0.3 is 0 Å². The standard InChI is InChI=1S/C39H27NO/c1-39(2)32-17-9-6-16-28(32)36-37(39)29(24-20-21-35-30(22-24)27-15-8-11-19-34(27)41-35)23-31-26-14-7-10-18-33(26)40(38(31)36)25-12-4-3-5-13-25/h3-23H,1-2H3. The van der Waals surface area contributed by atoms with E-state index in [1.807, 2.05) is 6.07 Å². The molecule has 8 aromatic rings. The zero-order valence-electron chi connectivity index (χ0n) is 23.0. The number of benzene rings is 6. The van der Waals surface area contributed by atoms with Crippen molar-refractivity contribution in [1.29, 1.82) is 0 Å². The van der Waals surface area contributed by atoms with Crippen molar-refractivity contribution in [3.8, 4) is 27.9 Å². The van der Waals surface area contributed by atoms with E-state index >= 15 is 0 Å². The SMILES string of the molecule is CC1(C)c2ccccc2-c2c1c(-c1ccc3oc4ccccc4c3c1)cc1c3ccccc3n(-c3ccccc3)c21. The minimum absolute atomic E-state index is 0.166. The molecular formula is C39H27NO. The van der Waals surface area contributed by atoms with Gasteiger partial charge in [0.05, 0.1) is 11.0 Å². The van der Waals surface area contributed by atoms with E-state index in [2.05, 4.69) is 140 Å². The predicted molar refractivity (Wildman–Crippen MR) is 171 cm³/mol. The molecule has 1 aliphatic rings. The second-order valence-corrected chi connectivity index (χ2v) is 11.7. The molecule has 9 rings (SSSR count). The highest BCUT2D eigenvalue weighted by molar-refractivity contribution is 6.18. The molecular weight excluding hydrogens is 498 g/mol. The molecule has 0 unspecified atom stereocenters. The topological polar surface area (TPSA) is 18.1 Å². The number of nitrogens with zero attached hydrogens (tertiary/aromatic N) is 1. The summed E-state index contributed by atoms with van der Waals surface area (Å²) in [6.45, 7) is 4.77. The highest BCUT2D eigenvalue weighted by Gasteiger charge is 2.40. The summed E-state index contributed by atoms with van der Waals surface area (Å²) < 4.78 is 8.67. The minimum Gasteiger partial charge on any atom is -0.456 e. The average Bonchev–Trinajstić information content (AvgIpc) is 3.63. The van der Waals surface area contributed by atoms with E-state index in [0.717, 1.165) is 21.9 Å². The molecule has 2 nitrogen and oxygen atoms in total. The minimum atomic E-state index is -0.166. The van der Waals surface area contributed by atoms with Crippen LogP contribution >= 0.6 is 0 Å². The summed E-state index contributed by atoms with van der Waals surface area (Å²) in [6, 6.07) is 46.1. The maximum atomic E-state index is 6.20. The molecule has 6 aromatic carbocycles. The molecule has 41 heavy (non-hydrogen) atoms. The Morgan fingerprint density at radius 3 is 2.15 bits per heavy atom. The van der Waals surface area contributed by atoms with Gasteiger partial charge in [0.2, 0.25) is 0 Å². The fraction of sp³-hybridized carbons (Fsp3) is 0.0769. The van der Waals surface area contributed by atoms with Gasteiger partial charge in [0, 0.05) is 38.2 Å². The molecule has 2 heteroatoms. The van der Waals surface area contributed by atoms with Gasteiger partial charge in [-0.25, -0.2) is 0 Å². The highest BCUT2D eigenvalue weighted by atomic mass is 16.3. The lowest BCUT2D eigenvalue weighted by Gasteiger charge is -2.25. The largest absolute Gasteiger partial charge is 0.456 e. The Morgan fingerprint density at radius 1 is 0.561 bits per heavy atom. The molecule has 2 heterocycles. The number of para-hydroxylation sites is 3. The lowest BCUT2D eigenvalue weighted by molar-refractivity contribution is 0.662. The van der Waals surface area contributed by atoms with Crippen LogP contribution in [-0.4, -0.2) is 4.57 Å². The summed E-state index contributed by atoms with van der Waals surface area (Å²) in [5, 5.41) is 4.87. The Bertz CT molecular complexity index is 2330. The monoisotopic (exact) mass is 525 g/mol. The van der Waals surface area contributed by atoms with E-state index in [1.165, 1.54) is 60.9 Å². The van der Waals surface area contributed by atoms with Crippen LogP contribution in [0.1, 0.15) is 25.0 Å². The molecule has 0 amide bonds. The van der Waals surface area contributed by atoms with Gasteiger partial charge in [-0.2, -0.15) is 0 Å². The van der Waals surface area contributed by atoms with Crippen molar-refractivity contribution < 1.29 is 4.42 Å². The van der Waals surface area contributed by atoms with E-state index in [0.29, 0.717) is 0 Å². The maximum absolute atomic E-state index is 6.20. The summed E-state index contributed by atoms with van der Waals surface area (Å²) in [5.41, 5.74) is 13.3. The van der Waals surface area contributed by atoms with E-state index in [9.17, 15) is 0 Å². The molecule has 0 atom stereocenters. The molecule has 1 aliphatic carbocycles. The van der Waals surface area contributed by atoms with E-state index < -0.39 is 0 Å². The first-order valence-electron chi connectivity index (χ1n) is 14.3. The molecule has 0 saturated carbocycles. The van der Waals surface area contributed by atoms with Crippen molar-refractivity contribution in [2.75, 3.05) is 0 Å². The average molecular weight is 526 g/mol. The summed E-state index contributed by atoms with van der Waals surface area (Å²) in [4.78, 5) is 0. The zero-order chi connectivity index (χ0) is 27.3. The first-order valence-corrected chi connectivity index (χ1v) is 14.3. The number of furan rings is 1. The second-order valence-electron chi connectivity index (χ2n) is 11.7. The Morgan fingerprint density at radius 2 is 1.27 bits per heavy atom. The lowest BCUT2D eigenvalue weighted by Crippen LogP contribution is -2.16. The third kappa shape index (κ3) is 2.97. The van der Waals surface area contributed by atoms with Crippen LogP contribution in [-0.2, 0) is 5.41 Å². The van der Waals surface area contributed by atoms with Gasteiger partial charge in [-0.15, -0.1) is 0 Å². The van der Waals surface area contributed by atoms with Crippen LogP contribution in [0.5, 0.6) is 0 Å². The van der Waals surface area contributed by atoms with Crippen LogP contribution < -0.4 is 0 Å². The van der Waals surface area contributed by atoms with Crippen LogP contribution in [0.15, 0.2) is 132 Å². The summed E-state index contributed by atoms with van der Waals surface area (Å²) in [5.74, 6) is 0. The summed E-state index contributed by atoms with van der Waals surface area (Å²) in [7, 11) is 0. The third-order valence-electron chi connectivity index (χ3n) is 9.16. The Kier molecular flexibility index (Phi) is 4.42. The van der Waals surface area contributed by atoms with Crippen molar-refractivity contribution in [3.63, 3.8) is 0 Å². The highest BCUT2D eigenvalue weighted by Crippen LogP contribution is 2.56. The van der Waals surface area contributed by atoms with E-state index in [1.54, 1.807) is 0 Å². The quantitative estimate of drug-likeness (QED) is 0.219. The molecule has 2 aromatic heterocycles. The van der Waals surface area contributed by atoms with Crippen LogP contribution in [0, 0.1) is 0 Å². The first kappa shape index (κ1) is 22.7. The number of rotatable bonds is 2. The molecule has 0 radical (unpaired) electrons. The molecule has 0 spiro atoms. The molecule has 0 N–H and O–H groups in total. The number of hydrogen-bond acceptors (Lipinski definition) is 1. The van der Waals surface area contributed by atoms with Crippen LogP contribution in [0.3, 0.4) is 0 Å². The molecule has 0 aliphatic heterocycles. The van der Waals surface area contributed by atoms with Gasteiger partial charge in [0.25, 0.3) is 0 Å². The van der Waals surface area contributed by atoms with Gasteiger partial charge < -0.3 is 8.98 Å². The zero-order valence-corrected chi connectivity index (χ0v) is 23.0. The first-order chi connectivity index (χ1) is 20.1. The van der Waals surface area contributed by atoms with Gasteiger partial charge in [-0.3, -0.25) is 0 Å². The molecule has 0 fully saturated rings. The number of hydrogen-bond donors (Lipinski definition) is 0. The summed E-state index contributed by atoms with van der Waals surface area (Å²) in [6.07, 6.45) is 0. The van der Waals surface area contributed by atoms with Gasteiger partial charge in [-0.1, -0.05) is 98.8 Å². The molecule has 0 saturated heterocycles. The Balaban J connectivity index is 1.48. The predicted octanol–water partition coefficient (Wildman–Crippen LogP) is 10.7. The Labute approximate surface area is 238 Å². The molecule has 194 valence electrons. The van der Waals surface area contributed by atoms with Gasteiger partial charge in [-0.05, 0) is 70.3 Å². The summed E-state index contributed by atoms with van der Waals surface area (Å²) >= 11 is 0. The van der Waals surface area contributed by atoms with Crippen LogP contribution in [0.2, 0.25) is 0 Å². The van der Waals surface area contributed by atoms with Crippen molar-refractivity contribution in [3.05, 3.63) is 139 Å². The third-order valence-corrected chi connectivity index (χ3v) is 9.16. The Hall–Kier alpha value is -5.08. The molecule has 0 bridgehead atoms. The van der Waals surface area contributed by atoms with Gasteiger partial charge in [0.1, 0.15) is 11.2 Å². The van der Waals surface area contributed by atoms with Crippen molar-refractivity contribution in [2.24, 2.45) is 0 Å². The second kappa shape index (κ2) is 7.99. The number of fused-ring (bicyclic) bond motifs is 10. The fourth-order valence-electron chi connectivity index (χ4n) is 7.39. The lowest BCUT2D eigenvalue weighted by atomic mass is 9.78. The fourth-order valence-corrected chi connectivity index (χ4v) is 7.39. The smallest absolute Gasteiger partial charge is 0.135 e. The van der Waals surface area contributed by atoms with Crippen molar-refractivity contribution >= 4 is 43.7 Å². The number of aromatic nitrogens is 1. The van der Waals surface area contributed by atoms with Gasteiger partial charge in [0.15, 0.2) is 0 Å². The van der Waals surface area contributed by atoms with Crippen LogP contribution in [0.4, 0.5) is 0 Å². The van der Waals surface area contributed by atoms with Crippen molar-refractivity contribution in [1.82, 2.24) is 4.57 Å².